The smallest absolute Gasteiger partial charge is 0.261 e. The molecular weight excluding hydrogens is 322 g/mol. The molecule has 0 saturated heterocycles. The van der Waals surface area contributed by atoms with E-state index in [1.807, 2.05) is 0 Å². The molecule has 2 aromatic rings. The minimum atomic E-state index is -1.00. The normalized spacial score (nSPS) is 10.4. The molecule has 0 unspecified atom stereocenters. The monoisotopic (exact) mass is 338 g/mol. The van der Waals surface area contributed by atoms with Gasteiger partial charge in [-0.25, -0.2) is 8.78 Å². The first-order chi connectivity index (χ1) is 11.0. The second-order valence-corrected chi connectivity index (χ2v) is 5.67. The predicted molar refractivity (Wildman–Crippen MR) is 85.7 cm³/mol. The van der Waals surface area contributed by atoms with Crippen LogP contribution < -0.4 is 10.2 Å². The summed E-state index contributed by atoms with van der Waals surface area (Å²) < 4.78 is 26.3. The van der Waals surface area contributed by atoms with Crippen molar-refractivity contribution in [1.29, 1.82) is 0 Å². The van der Waals surface area contributed by atoms with Gasteiger partial charge in [0, 0.05) is 31.3 Å². The van der Waals surface area contributed by atoms with Gasteiger partial charge in [-0.15, -0.1) is 11.3 Å². The van der Waals surface area contributed by atoms with Crippen molar-refractivity contribution in [3.8, 4) is 0 Å². The van der Waals surface area contributed by atoms with E-state index in [1.54, 1.807) is 24.4 Å². The number of hydrogen-bond donors (Lipinski definition) is 1. The van der Waals surface area contributed by atoms with E-state index >= 15 is 0 Å². The summed E-state index contributed by atoms with van der Waals surface area (Å²) in [5, 5.41) is 4.45. The molecule has 2 amide bonds. The van der Waals surface area contributed by atoms with Gasteiger partial charge in [-0.3, -0.25) is 9.59 Å². The summed E-state index contributed by atoms with van der Waals surface area (Å²) in [6, 6.07) is 6.79. The molecule has 23 heavy (non-hydrogen) atoms. The Labute approximate surface area is 136 Å². The molecule has 4 nitrogen and oxygen atoms in total. The Bertz CT molecular complexity index is 689. The van der Waals surface area contributed by atoms with Crippen LogP contribution in [0.1, 0.15) is 23.0 Å². The molecule has 1 heterocycles. The van der Waals surface area contributed by atoms with E-state index in [4.69, 9.17) is 0 Å². The van der Waals surface area contributed by atoms with Crippen LogP contribution in [0.5, 0.6) is 0 Å². The summed E-state index contributed by atoms with van der Waals surface area (Å²) in [5.41, 5.74) is 0.293. The Balaban J connectivity index is 1.92. The lowest BCUT2D eigenvalue weighted by Gasteiger charge is -2.21. The van der Waals surface area contributed by atoms with Crippen LogP contribution >= 0.6 is 11.3 Å². The quantitative estimate of drug-likeness (QED) is 0.879. The SMILES string of the molecule is CCN(C(=O)CCNC(=O)c1cccs1)c1ccc(F)c(F)c1. The first-order valence-electron chi connectivity index (χ1n) is 7.10. The van der Waals surface area contributed by atoms with Gasteiger partial charge in [0.1, 0.15) is 0 Å². The van der Waals surface area contributed by atoms with Crippen LogP contribution in [-0.2, 0) is 4.79 Å². The van der Waals surface area contributed by atoms with Crippen molar-refractivity contribution < 1.29 is 18.4 Å². The van der Waals surface area contributed by atoms with Crippen molar-refractivity contribution in [1.82, 2.24) is 5.32 Å². The molecule has 0 aliphatic heterocycles. The van der Waals surface area contributed by atoms with Crippen molar-refractivity contribution in [3.63, 3.8) is 0 Å². The Morgan fingerprint density at radius 2 is 2.00 bits per heavy atom. The lowest BCUT2D eigenvalue weighted by Crippen LogP contribution is -2.34. The molecule has 2 rings (SSSR count). The average molecular weight is 338 g/mol. The van der Waals surface area contributed by atoms with Gasteiger partial charge in [-0.05, 0) is 30.5 Å². The maximum absolute atomic E-state index is 13.3. The lowest BCUT2D eigenvalue weighted by atomic mass is 10.2. The molecule has 0 aliphatic carbocycles. The van der Waals surface area contributed by atoms with E-state index in [0.29, 0.717) is 17.1 Å². The topological polar surface area (TPSA) is 49.4 Å². The number of rotatable bonds is 6. The van der Waals surface area contributed by atoms with Gasteiger partial charge >= 0.3 is 0 Å². The van der Waals surface area contributed by atoms with E-state index in [9.17, 15) is 18.4 Å². The van der Waals surface area contributed by atoms with Crippen molar-refractivity contribution in [2.45, 2.75) is 13.3 Å². The van der Waals surface area contributed by atoms with Crippen LogP contribution in [0.4, 0.5) is 14.5 Å². The standard InChI is InChI=1S/C16H16F2N2O2S/c1-2-20(11-5-6-12(17)13(18)10-11)15(21)7-8-19-16(22)14-4-3-9-23-14/h3-6,9-10H,2,7-8H2,1H3,(H,19,22). The molecule has 0 bridgehead atoms. The highest BCUT2D eigenvalue weighted by atomic mass is 32.1. The van der Waals surface area contributed by atoms with Gasteiger partial charge in [0.15, 0.2) is 11.6 Å². The molecule has 1 N–H and O–H groups in total. The zero-order valence-electron chi connectivity index (χ0n) is 12.5. The summed E-state index contributed by atoms with van der Waals surface area (Å²) in [6.07, 6.45) is 0.0734. The number of carbonyl (C=O) groups excluding carboxylic acids is 2. The van der Waals surface area contributed by atoms with E-state index in [-0.39, 0.29) is 24.8 Å². The highest BCUT2D eigenvalue weighted by molar-refractivity contribution is 7.12. The van der Waals surface area contributed by atoms with Crippen LogP contribution in [0.15, 0.2) is 35.7 Å². The Morgan fingerprint density at radius 1 is 1.22 bits per heavy atom. The van der Waals surface area contributed by atoms with E-state index in [2.05, 4.69) is 5.32 Å². The van der Waals surface area contributed by atoms with E-state index < -0.39 is 11.6 Å². The zero-order chi connectivity index (χ0) is 16.8. The first kappa shape index (κ1) is 17.1. The Hall–Kier alpha value is -2.28. The first-order valence-corrected chi connectivity index (χ1v) is 7.98. The van der Waals surface area contributed by atoms with E-state index in [0.717, 1.165) is 12.1 Å². The number of benzene rings is 1. The number of nitrogens with one attached hydrogen (secondary N) is 1. The minimum absolute atomic E-state index is 0.0734. The van der Waals surface area contributed by atoms with E-state index in [1.165, 1.54) is 22.3 Å². The van der Waals surface area contributed by atoms with Crippen molar-refractivity contribution >= 4 is 28.8 Å². The minimum Gasteiger partial charge on any atom is -0.351 e. The molecule has 0 saturated carbocycles. The highest BCUT2D eigenvalue weighted by Gasteiger charge is 2.16. The van der Waals surface area contributed by atoms with Gasteiger partial charge in [-0.2, -0.15) is 0 Å². The number of halogens is 2. The maximum atomic E-state index is 13.3. The fourth-order valence-corrected chi connectivity index (χ4v) is 2.71. The molecule has 0 radical (unpaired) electrons. The molecule has 0 fully saturated rings. The van der Waals surface area contributed by atoms with Crippen LogP contribution in [-0.4, -0.2) is 24.9 Å². The number of anilines is 1. The van der Waals surface area contributed by atoms with Gasteiger partial charge in [0.05, 0.1) is 4.88 Å². The molecular formula is C16H16F2N2O2S. The number of thiophene rings is 1. The number of amides is 2. The molecule has 0 aliphatic rings. The van der Waals surface area contributed by atoms with Gasteiger partial charge in [0.2, 0.25) is 5.91 Å². The summed E-state index contributed by atoms with van der Waals surface area (Å²) in [7, 11) is 0. The van der Waals surface area contributed by atoms with Gasteiger partial charge < -0.3 is 10.2 Å². The van der Waals surface area contributed by atoms with Gasteiger partial charge in [-0.1, -0.05) is 6.07 Å². The zero-order valence-corrected chi connectivity index (χ0v) is 13.3. The number of nitrogens with zero attached hydrogens (tertiary/aromatic N) is 1. The van der Waals surface area contributed by atoms with Crippen LogP contribution in [0, 0.1) is 11.6 Å². The molecule has 122 valence electrons. The fraction of sp³-hybridized carbons (Fsp3) is 0.250. The average Bonchev–Trinajstić information content (AvgIpc) is 3.06. The number of hydrogen-bond acceptors (Lipinski definition) is 3. The van der Waals surface area contributed by atoms with Crippen molar-refractivity contribution in [3.05, 3.63) is 52.2 Å². The maximum Gasteiger partial charge on any atom is 0.261 e. The highest BCUT2D eigenvalue weighted by Crippen LogP contribution is 2.18. The fourth-order valence-electron chi connectivity index (χ4n) is 2.07. The summed E-state index contributed by atoms with van der Waals surface area (Å²) in [6.45, 7) is 2.24. The lowest BCUT2D eigenvalue weighted by molar-refractivity contribution is -0.118. The number of carbonyl (C=O) groups is 2. The van der Waals surface area contributed by atoms with Crippen LogP contribution in [0.25, 0.3) is 0 Å². The van der Waals surface area contributed by atoms with Crippen LogP contribution in [0.3, 0.4) is 0 Å². The van der Waals surface area contributed by atoms with Crippen molar-refractivity contribution in [2.75, 3.05) is 18.0 Å². The van der Waals surface area contributed by atoms with Crippen LogP contribution in [0.2, 0.25) is 0 Å². The second-order valence-electron chi connectivity index (χ2n) is 4.72. The largest absolute Gasteiger partial charge is 0.351 e. The second kappa shape index (κ2) is 7.82. The van der Waals surface area contributed by atoms with Crippen molar-refractivity contribution in [2.24, 2.45) is 0 Å². The third-order valence-corrected chi connectivity index (χ3v) is 4.07. The summed E-state index contributed by atoms with van der Waals surface area (Å²) in [4.78, 5) is 25.9. The molecule has 7 heteroatoms. The Morgan fingerprint density at radius 3 is 2.61 bits per heavy atom. The third-order valence-electron chi connectivity index (χ3n) is 3.20. The summed E-state index contributed by atoms with van der Waals surface area (Å²) >= 11 is 1.32. The third kappa shape index (κ3) is 4.35. The summed E-state index contributed by atoms with van der Waals surface area (Å²) in [5.74, 6) is -2.46. The molecule has 1 aromatic heterocycles. The van der Waals surface area contributed by atoms with Gasteiger partial charge in [0.25, 0.3) is 5.91 Å². The predicted octanol–water partition coefficient (Wildman–Crippen LogP) is 3.20. The molecule has 0 atom stereocenters. The molecule has 0 spiro atoms. The Kier molecular flexibility index (Phi) is 5.81. The molecule has 1 aromatic carbocycles.